The molecule has 0 aliphatic heterocycles. The SMILES string of the molecule is C=CC(C#N)[N]C(C#N)C=C. The molecule has 55 valence electrons. The highest BCUT2D eigenvalue weighted by atomic mass is 14.9. The average molecular weight is 146 g/mol. The topological polar surface area (TPSA) is 61.7 Å². The van der Waals surface area contributed by atoms with E-state index in [1.54, 1.807) is 0 Å². The zero-order valence-electron chi connectivity index (χ0n) is 6.07. The maximum atomic E-state index is 8.41. The van der Waals surface area contributed by atoms with Crippen molar-refractivity contribution in [3.05, 3.63) is 25.3 Å². The Kier molecular flexibility index (Phi) is 4.47. The third-order valence-electron chi connectivity index (χ3n) is 1.03. The molecule has 0 aromatic heterocycles. The van der Waals surface area contributed by atoms with Crippen LogP contribution in [0, 0.1) is 22.7 Å². The minimum absolute atomic E-state index is 0.613. The number of nitrogens with zero attached hydrogens (tertiary/aromatic N) is 3. The van der Waals surface area contributed by atoms with E-state index in [0.29, 0.717) is 0 Å². The maximum absolute atomic E-state index is 8.41. The van der Waals surface area contributed by atoms with Gasteiger partial charge in [0.1, 0.15) is 12.1 Å². The van der Waals surface area contributed by atoms with E-state index in [9.17, 15) is 0 Å². The van der Waals surface area contributed by atoms with E-state index >= 15 is 0 Å². The summed E-state index contributed by atoms with van der Waals surface area (Å²) in [6, 6.07) is 2.51. The molecule has 0 aromatic rings. The first-order valence-corrected chi connectivity index (χ1v) is 3.02. The number of rotatable bonds is 4. The van der Waals surface area contributed by atoms with E-state index in [4.69, 9.17) is 10.5 Å². The predicted molar refractivity (Wildman–Crippen MR) is 41.3 cm³/mol. The lowest BCUT2D eigenvalue weighted by Gasteiger charge is -2.04. The zero-order chi connectivity index (χ0) is 8.69. The van der Waals surface area contributed by atoms with Crippen LogP contribution < -0.4 is 5.32 Å². The monoisotopic (exact) mass is 146 g/mol. The molecule has 0 N–H and O–H groups in total. The molecule has 0 bridgehead atoms. The van der Waals surface area contributed by atoms with Gasteiger partial charge in [0.2, 0.25) is 0 Å². The van der Waals surface area contributed by atoms with Gasteiger partial charge < -0.3 is 0 Å². The molecule has 2 atom stereocenters. The Hall–Kier alpha value is -1.58. The Morgan fingerprint density at radius 1 is 1.09 bits per heavy atom. The second-order valence-corrected chi connectivity index (χ2v) is 1.77. The minimum Gasteiger partial charge on any atom is -0.196 e. The van der Waals surface area contributed by atoms with Crippen LogP contribution in [0.25, 0.3) is 0 Å². The molecule has 2 unspecified atom stereocenters. The molecule has 0 amide bonds. The highest BCUT2D eigenvalue weighted by Gasteiger charge is 2.08. The number of hydrogen-bond acceptors (Lipinski definition) is 2. The van der Waals surface area contributed by atoms with E-state index in [1.165, 1.54) is 12.2 Å². The van der Waals surface area contributed by atoms with E-state index in [-0.39, 0.29) is 0 Å². The van der Waals surface area contributed by atoms with Gasteiger partial charge >= 0.3 is 0 Å². The molecule has 0 saturated carbocycles. The summed E-state index contributed by atoms with van der Waals surface area (Å²) in [6.45, 7) is 6.79. The normalized spacial score (nSPS) is 13.6. The fourth-order valence-electron chi connectivity index (χ4n) is 0.467. The lowest BCUT2D eigenvalue weighted by atomic mass is 10.2. The van der Waals surface area contributed by atoms with Crippen molar-refractivity contribution in [1.82, 2.24) is 5.32 Å². The predicted octanol–water partition coefficient (Wildman–Crippen LogP) is 0.747. The van der Waals surface area contributed by atoms with Gasteiger partial charge in [-0.3, -0.25) is 0 Å². The van der Waals surface area contributed by atoms with Crippen LogP contribution in [-0.4, -0.2) is 12.1 Å². The van der Waals surface area contributed by atoms with Gasteiger partial charge in [-0.2, -0.15) is 15.8 Å². The van der Waals surface area contributed by atoms with Crippen molar-refractivity contribution in [2.24, 2.45) is 0 Å². The van der Waals surface area contributed by atoms with Gasteiger partial charge in [0.25, 0.3) is 0 Å². The Labute approximate surface area is 66.2 Å². The summed E-state index contributed by atoms with van der Waals surface area (Å²) >= 11 is 0. The van der Waals surface area contributed by atoms with Crippen LogP contribution in [0.3, 0.4) is 0 Å². The molecule has 3 nitrogen and oxygen atoms in total. The Morgan fingerprint density at radius 3 is 1.64 bits per heavy atom. The van der Waals surface area contributed by atoms with Gasteiger partial charge in [-0.1, -0.05) is 12.2 Å². The highest BCUT2D eigenvalue weighted by molar-refractivity contribution is 5.10. The standard InChI is InChI=1S/C8H8N3/c1-3-7(5-9)11-8(4-2)6-10/h3-4,7-8H,1-2H2. The quantitative estimate of drug-likeness (QED) is 0.549. The van der Waals surface area contributed by atoms with E-state index in [0.717, 1.165) is 0 Å². The van der Waals surface area contributed by atoms with Crippen molar-refractivity contribution in [1.29, 1.82) is 10.5 Å². The molecule has 0 spiro atoms. The second kappa shape index (κ2) is 5.22. The first-order chi connectivity index (χ1) is 5.28. The summed E-state index contributed by atoms with van der Waals surface area (Å²) < 4.78 is 0. The Morgan fingerprint density at radius 2 is 1.45 bits per heavy atom. The summed E-state index contributed by atoms with van der Waals surface area (Å²) in [6.07, 6.45) is 2.77. The van der Waals surface area contributed by atoms with E-state index in [1.807, 2.05) is 12.1 Å². The Bertz CT molecular complexity index is 194. The van der Waals surface area contributed by atoms with Gasteiger partial charge in [-0.25, -0.2) is 0 Å². The fraction of sp³-hybridized carbons (Fsp3) is 0.250. The lowest BCUT2D eigenvalue weighted by molar-refractivity contribution is 0.660. The fourth-order valence-corrected chi connectivity index (χ4v) is 0.467. The number of nitriles is 2. The molecule has 1 radical (unpaired) electrons. The molecule has 0 heterocycles. The van der Waals surface area contributed by atoms with Crippen molar-refractivity contribution in [3.8, 4) is 12.1 Å². The summed E-state index contributed by atoms with van der Waals surface area (Å²) in [5.41, 5.74) is 0. The van der Waals surface area contributed by atoms with Crippen LogP contribution in [-0.2, 0) is 0 Å². The van der Waals surface area contributed by atoms with Crippen LogP contribution in [0.1, 0.15) is 0 Å². The van der Waals surface area contributed by atoms with Crippen LogP contribution >= 0.6 is 0 Å². The number of hydrogen-bond donors (Lipinski definition) is 0. The molecule has 0 aliphatic carbocycles. The van der Waals surface area contributed by atoms with E-state index < -0.39 is 12.1 Å². The van der Waals surface area contributed by atoms with Crippen molar-refractivity contribution < 1.29 is 0 Å². The zero-order valence-corrected chi connectivity index (χ0v) is 6.07. The molecule has 0 aliphatic rings. The van der Waals surface area contributed by atoms with Crippen LogP contribution in [0.2, 0.25) is 0 Å². The van der Waals surface area contributed by atoms with Gasteiger partial charge in [-0.05, 0) is 0 Å². The summed E-state index contributed by atoms with van der Waals surface area (Å²) in [5.74, 6) is 0. The minimum atomic E-state index is -0.613. The smallest absolute Gasteiger partial charge is 0.131 e. The van der Waals surface area contributed by atoms with Crippen molar-refractivity contribution in [2.45, 2.75) is 12.1 Å². The van der Waals surface area contributed by atoms with Crippen molar-refractivity contribution >= 4 is 0 Å². The van der Waals surface area contributed by atoms with Crippen LogP contribution in [0.5, 0.6) is 0 Å². The first-order valence-electron chi connectivity index (χ1n) is 3.02. The lowest BCUT2D eigenvalue weighted by Crippen LogP contribution is -2.26. The summed E-state index contributed by atoms with van der Waals surface area (Å²) in [7, 11) is 0. The molecule has 0 rings (SSSR count). The van der Waals surface area contributed by atoms with Gasteiger partial charge in [0, 0.05) is 0 Å². The maximum Gasteiger partial charge on any atom is 0.131 e. The molecule has 0 fully saturated rings. The van der Waals surface area contributed by atoms with Crippen molar-refractivity contribution in [2.75, 3.05) is 0 Å². The van der Waals surface area contributed by atoms with Gasteiger partial charge in [0.15, 0.2) is 0 Å². The van der Waals surface area contributed by atoms with Gasteiger partial charge in [-0.15, -0.1) is 13.2 Å². The molecule has 11 heavy (non-hydrogen) atoms. The third kappa shape index (κ3) is 3.20. The van der Waals surface area contributed by atoms with Crippen molar-refractivity contribution in [3.63, 3.8) is 0 Å². The van der Waals surface area contributed by atoms with E-state index in [2.05, 4.69) is 18.5 Å². The second-order valence-electron chi connectivity index (χ2n) is 1.77. The largest absolute Gasteiger partial charge is 0.196 e. The molecule has 0 aromatic carbocycles. The molecule has 0 saturated heterocycles. The van der Waals surface area contributed by atoms with Gasteiger partial charge in [0.05, 0.1) is 12.1 Å². The Balaban J connectivity index is 4.02. The highest BCUT2D eigenvalue weighted by Crippen LogP contribution is 1.91. The molecular formula is C8H8N3. The summed E-state index contributed by atoms with van der Waals surface area (Å²) in [5, 5.41) is 20.6. The van der Waals surface area contributed by atoms with Crippen LogP contribution in [0.4, 0.5) is 0 Å². The molecular weight excluding hydrogens is 138 g/mol. The first kappa shape index (κ1) is 9.42. The summed E-state index contributed by atoms with van der Waals surface area (Å²) in [4.78, 5) is 0. The average Bonchev–Trinajstić information content (AvgIpc) is 2.07. The molecule has 3 heteroatoms. The van der Waals surface area contributed by atoms with Crippen LogP contribution in [0.15, 0.2) is 25.3 Å². The third-order valence-corrected chi connectivity index (χ3v) is 1.03.